The molecule has 5 nitrogen and oxygen atoms in total. The van der Waals surface area contributed by atoms with Crippen LogP contribution in [0.4, 0.5) is 15.8 Å². The molecule has 2 aromatic rings. The van der Waals surface area contributed by atoms with Crippen molar-refractivity contribution < 1.29 is 14.0 Å². The number of amides is 2. The molecule has 2 aliphatic heterocycles. The first-order valence-corrected chi connectivity index (χ1v) is 10.7. The highest BCUT2D eigenvalue weighted by molar-refractivity contribution is 5.92. The zero-order chi connectivity index (χ0) is 21.1. The van der Waals surface area contributed by atoms with Crippen molar-refractivity contribution in [3.8, 4) is 0 Å². The summed E-state index contributed by atoms with van der Waals surface area (Å²) in [5, 5.41) is 2.95. The van der Waals surface area contributed by atoms with Gasteiger partial charge in [-0.15, -0.1) is 0 Å². The number of hydrogen-bond acceptors (Lipinski definition) is 3. The van der Waals surface area contributed by atoms with Crippen LogP contribution < -0.4 is 10.2 Å². The van der Waals surface area contributed by atoms with Crippen molar-refractivity contribution in [2.45, 2.75) is 32.6 Å². The number of halogens is 1. The van der Waals surface area contributed by atoms with Crippen LogP contribution in [-0.4, -0.2) is 42.9 Å². The van der Waals surface area contributed by atoms with E-state index in [-0.39, 0.29) is 30.1 Å². The van der Waals surface area contributed by atoms with Crippen molar-refractivity contribution in [2.24, 2.45) is 5.92 Å². The summed E-state index contributed by atoms with van der Waals surface area (Å²) in [6.45, 7) is 3.99. The van der Waals surface area contributed by atoms with Gasteiger partial charge in [0.25, 0.3) is 0 Å². The number of carbonyl (C=O) groups is 2. The number of rotatable bonds is 4. The molecule has 2 heterocycles. The number of para-hydroxylation sites is 1. The van der Waals surface area contributed by atoms with Gasteiger partial charge in [0.15, 0.2) is 0 Å². The minimum Gasteiger partial charge on any atom is -0.360 e. The lowest BCUT2D eigenvalue weighted by atomic mass is 9.95. The van der Waals surface area contributed by atoms with E-state index in [9.17, 15) is 14.0 Å². The Morgan fingerprint density at radius 2 is 1.80 bits per heavy atom. The molecule has 6 heteroatoms. The van der Waals surface area contributed by atoms with Crippen LogP contribution in [0.5, 0.6) is 0 Å². The SMILES string of the molecule is Cc1ccc(F)c2c1CCCN2CC(=O)N1CCC(C(=O)Nc2ccccc2)CC1. The number of aryl methyl sites for hydroxylation is 1. The number of fused-ring (bicyclic) bond motifs is 1. The summed E-state index contributed by atoms with van der Waals surface area (Å²) in [6.07, 6.45) is 3.07. The molecule has 1 fully saturated rings. The Labute approximate surface area is 176 Å². The highest BCUT2D eigenvalue weighted by atomic mass is 19.1. The maximum absolute atomic E-state index is 14.5. The largest absolute Gasteiger partial charge is 0.360 e. The van der Waals surface area contributed by atoms with Crippen molar-refractivity contribution in [1.29, 1.82) is 0 Å². The Balaban J connectivity index is 1.34. The van der Waals surface area contributed by atoms with Gasteiger partial charge in [-0.1, -0.05) is 24.3 Å². The molecule has 1 saturated heterocycles. The van der Waals surface area contributed by atoms with E-state index in [0.29, 0.717) is 38.2 Å². The summed E-state index contributed by atoms with van der Waals surface area (Å²) < 4.78 is 14.5. The van der Waals surface area contributed by atoms with Crippen LogP contribution >= 0.6 is 0 Å². The molecule has 2 aromatic carbocycles. The van der Waals surface area contributed by atoms with E-state index in [1.807, 2.05) is 53.1 Å². The van der Waals surface area contributed by atoms with Crippen molar-refractivity contribution in [1.82, 2.24) is 4.90 Å². The van der Waals surface area contributed by atoms with E-state index in [1.165, 1.54) is 6.07 Å². The zero-order valence-corrected chi connectivity index (χ0v) is 17.4. The lowest BCUT2D eigenvalue weighted by Gasteiger charge is -2.36. The normalized spacial score (nSPS) is 16.9. The topological polar surface area (TPSA) is 52.7 Å². The van der Waals surface area contributed by atoms with E-state index < -0.39 is 0 Å². The highest BCUT2D eigenvalue weighted by Crippen LogP contribution is 2.32. The standard InChI is InChI=1S/C24H28FN3O2/c1-17-9-10-21(25)23-20(17)8-5-13-28(23)16-22(29)27-14-11-18(12-15-27)24(30)26-19-6-3-2-4-7-19/h2-4,6-7,9-10,18H,5,8,11-16H2,1H3,(H,26,30). The van der Waals surface area contributed by atoms with Crippen molar-refractivity contribution in [3.05, 3.63) is 59.4 Å². The maximum Gasteiger partial charge on any atom is 0.242 e. The number of nitrogens with zero attached hydrogens (tertiary/aromatic N) is 2. The number of nitrogens with one attached hydrogen (secondary N) is 1. The number of benzene rings is 2. The zero-order valence-electron chi connectivity index (χ0n) is 17.4. The van der Waals surface area contributed by atoms with Gasteiger partial charge in [-0.2, -0.15) is 0 Å². The molecule has 4 rings (SSSR count). The minimum atomic E-state index is -0.251. The first-order valence-electron chi connectivity index (χ1n) is 10.7. The average Bonchev–Trinajstić information content (AvgIpc) is 2.77. The van der Waals surface area contributed by atoms with Crippen molar-refractivity contribution in [3.63, 3.8) is 0 Å². The molecule has 2 amide bonds. The summed E-state index contributed by atoms with van der Waals surface area (Å²) in [4.78, 5) is 29.1. The fourth-order valence-corrected chi connectivity index (χ4v) is 4.50. The van der Waals surface area contributed by atoms with Crippen LogP contribution in [0, 0.1) is 18.7 Å². The first kappa shape index (κ1) is 20.4. The molecule has 0 saturated carbocycles. The molecule has 0 spiro atoms. The lowest BCUT2D eigenvalue weighted by molar-refractivity contribution is -0.133. The van der Waals surface area contributed by atoms with Crippen LogP contribution in [0.15, 0.2) is 42.5 Å². The molecule has 0 atom stereocenters. The third-order valence-corrected chi connectivity index (χ3v) is 6.22. The Morgan fingerprint density at radius 1 is 1.07 bits per heavy atom. The number of hydrogen-bond donors (Lipinski definition) is 1. The summed E-state index contributed by atoms with van der Waals surface area (Å²) in [5.41, 5.74) is 3.48. The first-order chi connectivity index (χ1) is 14.5. The van der Waals surface area contributed by atoms with Crippen LogP contribution in [0.25, 0.3) is 0 Å². The summed E-state index contributed by atoms with van der Waals surface area (Å²) in [7, 11) is 0. The predicted octanol–water partition coefficient (Wildman–Crippen LogP) is 3.76. The third-order valence-electron chi connectivity index (χ3n) is 6.22. The van der Waals surface area contributed by atoms with Gasteiger partial charge in [-0.05, 0) is 61.9 Å². The molecule has 158 valence electrons. The average molecular weight is 410 g/mol. The molecule has 0 aliphatic carbocycles. The van der Waals surface area contributed by atoms with Gasteiger partial charge in [0.05, 0.1) is 12.2 Å². The Kier molecular flexibility index (Phi) is 6.02. The fraction of sp³-hybridized carbons (Fsp3) is 0.417. The van der Waals surface area contributed by atoms with E-state index in [1.54, 1.807) is 0 Å². The molecular weight excluding hydrogens is 381 g/mol. The lowest BCUT2D eigenvalue weighted by Crippen LogP contribution is -2.46. The van der Waals surface area contributed by atoms with Crippen LogP contribution in [0.1, 0.15) is 30.4 Å². The molecule has 1 N–H and O–H groups in total. The minimum absolute atomic E-state index is 0.00525. The Bertz CT molecular complexity index is 924. The van der Waals surface area contributed by atoms with Gasteiger partial charge in [0.1, 0.15) is 5.82 Å². The van der Waals surface area contributed by atoms with Crippen LogP contribution in [0.2, 0.25) is 0 Å². The monoisotopic (exact) mass is 409 g/mol. The predicted molar refractivity (Wildman–Crippen MR) is 116 cm³/mol. The molecule has 30 heavy (non-hydrogen) atoms. The van der Waals surface area contributed by atoms with Gasteiger partial charge >= 0.3 is 0 Å². The van der Waals surface area contributed by atoms with Crippen molar-refractivity contribution in [2.75, 3.05) is 36.4 Å². The van der Waals surface area contributed by atoms with Gasteiger partial charge in [0.2, 0.25) is 11.8 Å². The smallest absolute Gasteiger partial charge is 0.242 e. The van der Waals surface area contributed by atoms with Crippen LogP contribution in [-0.2, 0) is 16.0 Å². The van der Waals surface area contributed by atoms with E-state index in [0.717, 1.165) is 29.7 Å². The second-order valence-corrected chi connectivity index (χ2v) is 8.23. The molecule has 0 radical (unpaired) electrons. The summed E-state index contributed by atoms with van der Waals surface area (Å²) >= 11 is 0. The molecule has 0 unspecified atom stereocenters. The third kappa shape index (κ3) is 4.32. The second-order valence-electron chi connectivity index (χ2n) is 8.23. The van der Waals surface area contributed by atoms with Crippen molar-refractivity contribution >= 4 is 23.2 Å². The Morgan fingerprint density at radius 3 is 2.53 bits per heavy atom. The molecular formula is C24H28FN3O2. The van der Waals surface area contributed by atoms with E-state index >= 15 is 0 Å². The maximum atomic E-state index is 14.5. The number of anilines is 2. The van der Waals surface area contributed by atoms with Crippen LogP contribution in [0.3, 0.4) is 0 Å². The number of piperidine rings is 1. The van der Waals surface area contributed by atoms with Gasteiger partial charge in [0, 0.05) is 31.2 Å². The quantitative estimate of drug-likeness (QED) is 0.837. The fourth-order valence-electron chi connectivity index (χ4n) is 4.50. The summed E-state index contributed by atoms with van der Waals surface area (Å²) in [5.74, 6) is -0.328. The molecule has 2 aliphatic rings. The van der Waals surface area contributed by atoms with E-state index in [2.05, 4.69) is 5.32 Å². The van der Waals surface area contributed by atoms with Gasteiger partial charge in [-0.3, -0.25) is 9.59 Å². The number of carbonyl (C=O) groups excluding carboxylic acids is 2. The molecule has 0 bridgehead atoms. The number of likely N-dealkylation sites (tertiary alicyclic amines) is 1. The van der Waals surface area contributed by atoms with Gasteiger partial charge < -0.3 is 15.1 Å². The summed E-state index contributed by atoms with van der Waals surface area (Å²) in [6, 6.07) is 12.7. The van der Waals surface area contributed by atoms with E-state index in [4.69, 9.17) is 0 Å². The second kappa shape index (κ2) is 8.86. The highest BCUT2D eigenvalue weighted by Gasteiger charge is 2.30. The van der Waals surface area contributed by atoms with Gasteiger partial charge in [-0.25, -0.2) is 4.39 Å². The Hall–Kier alpha value is -2.89. The molecule has 0 aromatic heterocycles.